The van der Waals surface area contributed by atoms with Gasteiger partial charge in [-0.15, -0.1) is 0 Å². The van der Waals surface area contributed by atoms with Crippen molar-refractivity contribution in [3.8, 4) is 5.75 Å². The molecule has 0 spiro atoms. The van der Waals surface area contributed by atoms with Crippen LogP contribution >= 0.6 is 0 Å². The summed E-state index contributed by atoms with van der Waals surface area (Å²) in [6.07, 6.45) is -0.769. The number of methoxy groups -OCH3 is 1. The van der Waals surface area contributed by atoms with Gasteiger partial charge in [0.1, 0.15) is 11.9 Å². The van der Waals surface area contributed by atoms with Gasteiger partial charge in [0.2, 0.25) is 10.0 Å². The Hall–Kier alpha value is -3.16. The van der Waals surface area contributed by atoms with Crippen LogP contribution in [-0.2, 0) is 10.0 Å². The summed E-state index contributed by atoms with van der Waals surface area (Å²) in [6.45, 7) is 3.99. The molecule has 1 aliphatic heterocycles. The number of aryl methyl sites for hydroxylation is 1. The molecule has 0 N–H and O–H groups in total. The lowest BCUT2D eigenvalue weighted by Crippen LogP contribution is -2.39. The van der Waals surface area contributed by atoms with Crippen molar-refractivity contribution < 1.29 is 17.9 Å². The van der Waals surface area contributed by atoms with Crippen LogP contribution in [0.5, 0.6) is 5.75 Å². The minimum atomic E-state index is -3.84. The molecule has 3 aromatic carbocycles. The van der Waals surface area contributed by atoms with Gasteiger partial charge in [0.15, 0.2) is 0 Å². The van der Waals surface area contributed by atoms with Crippen LogP contribution in [0.1, 0.15) is 34.6 Å². The molecule has 32 heavy (non-hydrogen) atoms. The largest absolute Gasteiger partial charge is 0.497 e. The minimum absolute atomic E-state index is 0.200. The van der Waals surface area contributed by atoms with Crippen molar-refractivity contribution in [2.75, 3.05) is 13.7 Å². The van der Waals surface area contributed by atoms with Gasteiger partial charge in [-0.25, -0.2) is 8.42 Å². The lowest BCUT2D eigenvalue weighted by molar-refractivity contribution is 0.0640. The third-order valence-corrected chi connectivity index (χ3v) is 7.59. The molecule has 7 heteroatoms. The highest BCUT2D eigenvalue weighted by molar-refractivity contribution is 7.89. The monoisotopic (exact) mass is 450 g/mol. The fourth-order valence-corrected chi connectivity index (χ4v) is 5.70. The first-order valence-corrected chi connectivity index (χ1v) is 11.9. The number of hydrogen-bond acceptors (Lipinski definition) is 4. The molecule has 1 heterocycles. The first kappa shape index (κ1) is 22.0. The van der Waals surface area contributed by atoms with Crippen molar-refractivity contribution >= 4 is 15.9 Å². The molecule has 4 rings (SSSR count). The van der Waals surface area contributed by atoms with Crippen LogP contribution in [-0.4, -0.2) is 43.2 Å². The van der Waals surface area contributed by atoms with Crippen molar-refractivity contribution in [2.45, 2.75) is 31.0 Å². The number of benzene rings is 3. The van der Waals surface area contributed by atoms with E-state index in [-0.39, 0.29) is 23.4 Å². The average molecular weight is 451 g/mol. The Kier molecular flexibility index (Phi) is 6.04. The van der Waals surface area contributed by atoms with Crippen molar-refractivity contribution in [3.63, 3.8) is 0 Å². The topological polar surface area (TPSA) is 66.9 Å². The summed E-state index contributed by atoms with van der Waals surface area (Å²) in [5.41, 5.74) is 2.20. The van der Waals surface area contributed by atoms with Gasteiger partial charge in [-0.2, -0.15) is 4.31 Å². The number of nitrogens with zero attached hydrogens (tertiary/aromatic N) is 2. The second-order valence-electron chi connectivity index (χ2n) is 7.96. The van der Waals surface area contributed by atoms with E-state index in [0.29, 0.717) is 16.9 Å². The summed E-state index contributed by atoms with van der Waals surface area (Å²) >= 11 is 0. The molecule has 0 aromatic heterocycles. The van der Waals surface area contributed by atoms with E-state index in [0.717, 1.165) is 5.56 Å². The summed E-state index contributed by atoms with van der Waals surface area (Å²) in [4.78, 5) is 15.4. The molecule has 1 aliphatic rings. The standard InChI is InChI=1S/C25H26N2O4S/c1-18-9-15-23(16-10-18)32(29,30)26-17-19(2)27(25(28)21-7-5-4-6-8-21)24(26)20-11-13-22(31-3)14-12-20/h4-16,19,24H,17H2,1-3H3/t19-,24-/m1/s1. The predicted octanol–water partition coefficient (Wildman–Crippen LogP) is 4.24. The van der Waals surface area contributed by atoms with E-state index in [4.69, 9.17) is 4.74 Å². The third kappa shape index (κ3) is 4.01. The number of hydrogen-bond donors (Lipinski definition) is 0. The quantitative estimate of drug-likeness (QED) is 0.583. The van der Waals surface area contributed by atoms with E-state index < -0.39 is 16.2 Å². The third-order valence-electron chi connectivity index (χ3n) is 5.75. The summed E-state index contributed by atoms with van der Waals surface area (Å²) in [5, 5.41) is 0. The molecule has 1 saturated heterocycles. The van der Waals surface area contributed by atoms with Gasteiger partial charge >= 0.3 is 0 Å². The molecule has 6 nitrogen and oxygen atoms in total. The van der Waals surface area contributed by atoms with Gasteiger partial charge in [0.05, 0.1) is 12.0 Å². The number of ether oxygens (including phenoxy) is 1. The van der Waals surface area contributed by atoms with E-state index in [9.17, 15) is 13.2 Å². The number of carbonyl (C=O) groups is 1. The lowest BCUT2D eigenvalue weighted by atomic mass is 10.1. The molecule has 1 amide bonds. The zero-order chi connectivity index (χ0) is 22.9. The van der Waals surface area contributed by atoms with Gasteiger partial charge in [0, 0.05) is 18.2 Å². The molecule has 0 radical (unpaired) electrons. The van der Waals surface area contributed by atoms with Crippen molar-refractivity contribution in [2.24, 2.45) is 0 Å². The van der Waals surface area contributed by atoms with Crippen LogP contribution in [0.15, 0.2) is 83.8 Å². The number of amides is 1. The van der Waals surface area contributed by atoms with Crippen molar-refractivity contribution in [1.82, 2.24) is 9.21 Å². The molecule has 166 valence electrons. The Morgan fingerprint density at radius 2 is 1.56 bits per heavy atom. The molecular weight excluding hydrogens is 424 g/mol. The van der Waals surface area contributed by atoms with E-state index in [1.54, 1.807) is 72.7 Å². The van der Waals surface area contributed by atoms with Crippen LogP contribution in [0.2, 0.25) is 0 Å². The van der Waals surface area contributed by atoms with Gasteiger partial charge in [0.25, 0.3) is 5.91 Å². The second kappa shape index (κ2) is 8.76. The predicted molar refractivity (Wildman–Crippen MR) is 123 cm³/mol. The molecule has 2 atom stereocenters. The Labute approximate surface area is 189 Å². The summed E-state index contributed by atoms with van der Waals surface area (Å²) < 4.78 is 34.0. The molecule has 1 fully saturated rings. The fraction of sp³-hybridized carbons (Fsp3) is 0.240. The highest BCUT2D eigenvalue weighted by atomic mass is 32.2. The normalized spacial score (nSPS) is 19.2. The zero-order valence-electron chi connectivity index (χ0n) is 18.3. The van der Waals surface area contributed by atoms with Gasteiger partial charge in [-0.05, 0) is 55.8 Å². The second-order valence-corrected chi connectivity index (χ2v) is 9.85. The Bertz CT molecular complexity index is 1190. The molecule has 0 aliphatic carbocycles. The van der Waals surface area contributed by atoms with Gasteiger partial charge in [-0.1, -0.05) is 48.0 Å². The summed E-state index contributed by atoms with van der Waals surface area (Å²) in [5.74, 6) is 0.453. The molecule has 0 unspecified atom stereocenters. The van der Waals surface area contributed by atoms with E-state index in [2.05, 4.69) is 0 Å². The lowest BCUT2D eigenvalue weighted by Gasteiger charge is -2.31. The average Bonchev–Trinajstić information content (AvgIpc) is 3.17. The Morgan fingerprint density at radius 1 is 0.938 bits per heavy atom. The van der Waals surface area contributed by atoms with Gasteiger partial charge < -0.3 is 9.64 Å². The maximum atomic E-state index is 13.7. The molecule has 0 saturated carbocycles. The van der Waals surface area contributed by atoms with Crippen molar-refractivity contribution in [3.05, 3.63) is 95.6 Å². The van der Waals surface area contributed by atoms with E-state index in [1.807, 2.05) is 32.0 Å². The van der Waals surface area contributed by atoms with E-state index >= 15 is 0 Å². The van der Waals surface area contributed by atoms with Crippen LogP contribution in [0.4, 0.5) is 0 Å². The van der Waals surface area contributed by atoms with Gasteiger partial charge in [-0.3, -0.25) is 4.79 Å². The van der Waals surface area contributed by atoms with Crippen LogP contribution in [0, 0.1) is 6.92 Å². The highest BCUT2D eigenvalue weighted by Gasteiger charge is 2.47. The van der Waals surface area contributed by atoms with E-state index in [1.165, 1.54) is 4.31 Å². The van der Waals surface area contributed by atoms with Crippen LogP contribution in [0.3, 0.4) is 0 Å². The first-order chi connectivity index (χ1) is 15.3. The number of carbonyl (C=O) groups excluding carboxylic acids is 1. The zero-order valence-corrected chi connectivity index (χ0v) is 19.1. The smallest absolute Gasteiger partial charge is 0.255 e. The minimum Gasteiger partial charge on any atom is -0.497 e. The molecule has 3 aromatic rings. The summed E-state index contributed by atoms with van der Waals surface area (Å²) in [6, 6.07) is 22.6. The summed E-state index contributed by atoms with van der Waals surface area (Å²) in [7, 11) is -2.27. The molecule has 0 bridgehead atoms. The maximum absolute atomic E-state index is 13.7. The number of sulfonamides is 1. The van der Waals surface area contributed by atoms with Crippen molar-refractivity contribution in [1.29, 1.82) is 0 Å². The fourth-order valence-electron chi connectivity index (χ4n) is 4.05. The number of rotatable bonds is 5. The maximum Gasteiger partial charge on any atom is 0.255 e. The Balaban J connectivity index is 1.81. The SMILES string of the molecule is COc1ccc([C@H]2N(C(=O)c3ccccc3)[C@H](C)CN2S(=O)(=O)c2ccc(C)cc2)cc1. The molecular formula is C25H26N2O4S. The Morgan fingerprint density at radius 3 is 2.16 bits per heavy atom. The van der Waals surface area contributed by atoms with Crippen LogP contribution < -0.4 is 4.74 Å². The van der Waals surface area contributed by atoms with Crippen LogP contribution in [0.25, 0.3) is 0 Å². The first-order valence-electron chi connectivity index (χ1n) is 10.4. The highest BCUT2D eigenvalue weighted by Crippen LogP contribution is 2.39.